The van der Waals surface area contributed by atoms with Crippen LogP contribution in [0.3, 0.4) is 0 Å². The average molecular weight is 531 g/mol. The highest BCUT2D eigenvalue weighted by Crippen LogP contribution is 2.24. The van der Waals surface area contributed by atoms with Crippen LogP contribution in [0, 0.1) is 5.92 Å². The summed E-state index contributed by atoms with van der Waals surface area (Å²) in [4.78, 5) is 19.7. The molecule has 2 heterocycles. The van der Waals surface area contributed by atoms with Gasteiger partial charge in [0.1, 0.15) is 18.7 Å². The molecule has 38 heavy (non-hydrogen) atoms. The van der Waals surface area contributed by atoms with E-state index in [1.165, 1.54) is 22.8 Å². The predicted octanol–water partition coefficient (Wildman–Crippen LogP) is 4.62. The monoisotopic (exact) mass is 530 g/mol. The van der Waals surface area contributed by atoms with Crippen molar-refractivity contribution in [3.8, 4) is 17.0 Å². The Kier molecular flexibility index (Phi) is 7.46. The van der Waals surface area contributed by atoms with Crippen molar-refractivity contribution in [2.75, 3.05) is 30.8 Å². The molecule has 0 aliphatic carbocycles. The number of hydrogen-bond acceptors (Lipinski definition) is 6. The first-order chi connectivity index (χ1) is 18.3. The van der Waals surface area contributed by atoms with E-state index in [2.05, 4.69) is 27.3 Å². The van der Waals surface area contributed by atoms with Crippen LogP contribution in [0.2, 0.25) is 0 Å². The number of para-hydroxylation sites is 1. The molecule has 1 N–H and O–H groups in total. The van der Waals surface area contributed by atoms with E-state index in [-0.39, 0.29) is 10.9 Å². The lowest BCUT2D eigenvalue weighted by Gasteiger charge is -2.18. The van der Waals surface area contributed by atoms with Crippen LogP contribution < -0.4 is 15.0 Å². The van der Waals surface area contributed by atoms with Gasteiger partial charge in [-0.1, -0.05) is 30.3 Å². The van der Waals surface area contributed by atoms with Crippen LogP contribution in [0.1, 0.15) is 12.0 Å². The van der Waals surface area contributed by atoms with Gasteiger partial charge in [-0.15, -0.1) is 0 Å². The predicted molar refractivity (Wildman–Crippen MR) is 147 cm³/mol. The molecule has 0 spiro atoms. The van der Waals surface area contributed by atoms with E-state index in [0.29, 0.717) is 30.5 Å². The van der Waals surface area contributed by atoms with Crippen LogP contribution in [0.4, 0.5) is 10.5 Å². The number of nitrogens with one attached hydrogen (secondary N) is 1. The molecule has 0 radical (unpaired) electrons. The Morgan fingerprint density at radius 3 is 2.47 bits per heavy atom. The van der Waals surface area contributed by atoms with E-state index in [1.807, 2.05) is 42.5 Å². The lowest BCUT2D eigenvalue weighted by Crippen LogP contribution is -2.33. The molecule has 4 aromatic rings. The number of rotatable bonds is 8. The molecule has 196 valence electrons. The molecule has 0 unspecified atom stereocenters. The molecule has 1 fully saturated rings. The lowest BCUT2D eigenvalue weighted by molar-refractivity contribution is 0.240. The molecule has 3 aromatic carbocycles. The third kappa shape index (κ3) is 6.23. The molecule has 1 aromatic heterocycles. The third-order valence-corrected chi connectivity index (χ3v) is 7.80. The first-order valence-electron chi connectivity index (χ1n) is 12.5. The number of amides is 1. The fraction of sp³-hybridized carbons (Fsp3) is 0.241. The number of hydrogen-bond donors (Lipinski definition) is 1. The smallest absolute Gasteiger partial charge is 0.326 e. The minimum Gasteiger partial charge on any atom is -0.489 e. The van der Waals surface area contributed by atoms with Crippen molar-refractivity contribution >= 4 is 21.6 Å². The van der Waals surface area contributed by atoms with Crippen LogP contribution in [-0.2, 0) is 16.4 Å². The molecule has 1 amide bonds. The zero-order valence-electron chi connectivity index (χ0n) is 21.2. The number of imidazole rings is 1. The van der Waals surface area contributed by atoms with Crippen LogP contribution in [0.25, 0.3) is 11.3 Å². The van der Waals surface area contributed by atoms with Crippen LogP contribution in [-0.4, -0.2) is 49.9 Å². The quantitative estimate of drug-likeness (QED) is 0.357. The number of nitrogens with zero attached hydrogens (tertiary/aromatic N) is 3. The number of benzene rings is 3. The summed E-state index contributed by atoms with van der Waals surface area (Å²) >= 11 is 0. The van der Waals surface area contributed by atoms with Gasteiger partial charge in [-0.2, -0.15) is 0 Å². The molecule has 1 aliphatic heterocycles. The SMILES string of the molecule is CS(=O)(=O)c1ccc(COc2ccc(-c3cn(C(=O)NC[C@H]4CCN(c5ccccc5)C4)cn3)cc2)cc1. The standard InChI is InChI=1S/C29H30N4O4S/c1-38(35,36)27-13-7-22(8-14-27)20-37-26-11-9-24(10-12-26)28-19-33(21-31-28)29(34)30-17-23-15-16-32(18-23)25-5-3-2-4-6-25/h2-14,19,21,23H,15-18,20H2,1H3,(H,30,34)/t23-/m1/s1. The van der Waals surface area contributed by atoms with Gasteiger partial charge in [-0.25, -0.2) is 18.2 Å². The highest BCUT2D eigenvalue weighted by molar-refractivity contribution is 7.90. The molecule has 5 rings (SSSR count). The highest BCUT2D eigenvalue weighted by Gasteiger charge is 2.23. The first kappa shape index (κ1) is 25.5. The minimum absolute atomic E-state index is 0.191. The largest absolute Gasteiger partial charge is 0.489 e. The molecule has 9 heteroatoms. The summed E-state index contributed by atoms with van der Waals surface area (Å²) in [7, 11) is -3.22. The minimum atomic E-state index is -3.22. The Morgan fingerprint density at radius 1 is 1.03 bits per heavy atom. The molecular formula is C29H30N4O4S. The van der Waals surface area contributed by atoms with Gasteiger partial charge in [0.15, 0.2) is 9.84 Å². The fourth-order valence-corrected chi connectivity index (χ4v) is 5.13. The molecule has 0 saturated carbocycles. The van der Waals surface area contributed by atoms with Gasteiger partial charge in [0.05, 0.1) is 10.6 Å². The van der Waals surface area contributed by atoms with Gasteiger partial charge in [-0.05, 0) is 66.4 Å². The summed E-state index contributed by atoms with van der Waals surface area (Å²) < 4.78 is 30.5. The second-order valence-corrected chi connectivity index (χ2v) is 11.5. The van der Waals surface area contributed by atoms with E-state index in [1.54, 1.807) is 30.5 Å². The molecule has 1 atom stereocenters. The van der Waals surface area contributed by atoms with E-state index in [9.17, 15) is 13.2 Å². The van der Waals surface area contributed by atoms with Crippen molar-refractivity contribution in [3.63, 3.8) is 0 Å². The Morgan fingerprint density at radius 2 is 1.76 bits per heavy atom. The number of ether oxygens (including phenoxy) is 1. The Labute approximate surface area is 222 Å². The van der Waals surface area contributed by atoms with E-state index in [0.717, 1.165) is 30.6 Å². The van der Waals surface area contributed by atoms with Crippen LogP contribution in [0.5, 0.6) is 5.75 Å². The summed E-state index contributed by atoms with van der Waals surface area (Å²) in [6.07, 6.45) is 5.48. The molecule has 0 bridgehead atoms. The number of anilines is 1. The summed E-state index contributed by atoms with van der Waals surface area (Å²) in [5.41, 5.74) is 3.66. The average Bonchev–Trinajstić information content (AvgIpc) is 3.62. The maximum atomic E-state index is 12.7. The van der Waals surface area contributed by atoms with Crippen molar-refractivity contribution in [3.05, 3.63) is 97.0 Å². The highest BCUT2D eigenvalue weighted by atomic mass is 32.2. The van der Waals surface area contributed by atoms with E-state index in [4.69, 9.17) is 4.74 Å². The normalized spacial score (nSPS) is 15.4. The Balaban J connectivity index is 1.11. The number of aromatic nitrogens is 2. The molecule has 1 aliphatic rings. The fourth-order valence-electron chi connectivity index (χ4n) is 4.50. The maximum absolute atomic E-state index is 12.7. The molecule has 1 saturated heterocycles. The number of carbonyl (C=O) groups excluding carboxylic acids is 1. The molecule has 8 nitrogen and oxygen atoms in total. The van der Waals surface area contributed by atoms with Gasteiger partial charge in [0.25, 0.3) is 0 Å². The Bertz CT molecular complexity index is 1480. The van der Waals surface area contributed by atoms with E-state index < -0.39 is 9.84 Å². The summed E-state index contributed by atoms with van der Waals surface area (Å²) in [5.74, 6) is 1.09. The first-order valence-corrected chi connectivity index (χ1v) is 14.4. The summed E-state index contributed by atoms with van der Waals surface area (Å²) in [6, 6.07) is 24.3. The van der Waals surface area contributed by atoms with Crippen LogP contribution >= 0.6 is 0 Å². The Hall–Kier alpha value is -4.11. The third-order valence-electron chi connectivity index (χ3n) is 6.67. The van der Waals surface area contributed by atoms with Gasteiger partial charge in [0.2, 0.25) is 0 Å². The van der Waals surface area contributed by atoms with Gasteiger partial charge in [-0.3, -0.25) is 4.57 Å². The van der Waals surface area contributed by atoms with Crippen molar-refractivity contribution in [1.82, 2.24) is 14.9 Å². The number of sulfone groups is 1. The topological polar surface area (TPSA) is 93.5 Å². The number of carbonyl (C=O) groups is 1. The second-order valence-electron chi connectivity index (χ2n) is 9.52. The zero-order valence-corrected chi connectivity index (χ0v) is 22.0. The van der Waals surface area contributed by atoms with Gasteiger partial charge in [0, 0.05) is 43.3 Å². The van der Waals surface area contributed by atoms with Crippen molar-refractivity contribution in [2.24, 2.45) is 5.92 Å². The van der Waals surface area contributed by atoms with Crippen molar-refractivity contribution in [2.45, 2.75) is 17.9 Å². The van der Waals surface area contributed by atoms with Gasteiger partial charge >= 0.3 is 6.03 Å². The lowest BCUT2D eigenvalue weighted by atomic mass is 10.1. The zero-order chi connectivity index (χ0) is 26.5. The molecular weight excluding hydrogens is 500 g/mol. The summed E-state index contributed by atoms with van der Waals surface area (Å²) in [5, 5.41) is 3.03. The van der Waals surface area contributed by atoms with Crippen molar-refractivity contribution < 1.29 is 17.9 Å². The summed E-state index contributed by atoms with van der Waals surface area (Å²) in [6.45, 7) is 2.87. The van der Waals surface area contributed by atoms with Crippen LogP contribution in [0.15, 0.2) is 96.3 Å². The van der Waals surface area contributed by atoms with Crippen molar-refractivity contribution in [1.29, 1.82) is 0 Å². The van der Waals surface area contributed by atoms with E-state index >= 15 is 0 Å². The van der Waals surface area contributed by atoms with Gasteiger partial charge < -0.3 is 15.0 Å². The maximum Gasteiger partial charge on any atom is 0.326 e. The second kappa shape index (κ2) is 11.1.